The summed E-state index contributed by atoms with van der Waals surface area (Å²) in [5.41, 5.74) is 0. The van der Waals surface area contributed by atoms with Gasteiger partial charge in [-0.25, -0.2) is 0 Å². The van der Waals surface area contributed by atoms with Crippen molar-refractivity contribution in [2.24, 2.45) is 0 Å². The Morgan fingerprint density at radius 2 is 1.55 bits per heavy atom. The fraction of sp³-hybridized carbons (Fsp3) is 0.867. The molecule has 2 rings (SSSR count). The molecule has 2 saturated carbocycles. The van der Waals surface area contributed by atoms with E-state index in [9.17, 15) is 9.59 Å². The van der Waals surface area contributed by atoms with Crippen molar-refractivity contribution in [1.29, 1.82) is 0 Å². The summed E-state index contributed by atoms with van der Waals surface area (Å²) in [4.78, 5) is 23.6. The van der Waals surface area contributed by atoms with Gasteiger partial charge >= 0.3 is 0 Å². The molecule has 0 spiro atoms. The van der Waals surface area contributed by atoms with Gasteiger partial charge in [0.15, 0.2) is 0 Å². The quantitative estimate of drug-likeness (QED) is 0.638. The number of nitrogens with one attached hydrogen (secondary N) is 3. The van der Waals surface area contributed by atoms with Crippen LogP contribution in [0.15, 0.2) is 0 Å². The molecule has 0 radical (unpaired) electrons. The predicted molar refractivity (Wildman–Crippen MR) is 78.3 cm³/mol. The van der Waals surface area contributed by atoms with Crippen LogP contribution in [0.25, 0.3) is 0 Å². The second-order valence-corrected chi connectivity index (χ2v) is 6.14. The Morgan fingerprint density at radius 1 is 0.950 bits per heavy atom. The fourth-order valence-electron chi connectivity index (χ4n) is 2.59. The first kappa shape index (κ1) is 15.3. The molecule has 0 aromatic rings. The molecule has 2 fully saturated rings. The van der Waals surface area contributed by atoms with Gasteiger partial charge in [0.1, 0.15) is 0 Å². The van der Waals surface area contributed by atoms with E-state index in [1.54, 1.807) is 6.92 Å². The van der Waals surface area contributed by atoms with Crippen molar-refractivity contribution in [3.8, 4) is 0 Å². The van der Waals surface area contributed by atoms with E-state index in [0.29, 0.717) is 12.1 Å². The van der Waals surface area contributed by atoms with Crippen LogP contribution in [0.2, 0.25) is 0 Å². The zero-order valence-corrected chi connectivity index (χ0v) is 12.4. The smallest absolute Gasteiger partial charge is 0.237 e. The SMILES string of the molecule is CC(NCC(=O)NC1CCCCCC1)C(=O)NC1CC1. The van der Waals surface area contributed by atoms with Gasteiger partial charge in [0, 0.05) is 12.1 Å². The zero-order valence-electron chi connectivity index (χ0n) is 12.4. The van der Waals surface area contributed by atoms with Crippen LogP contribution in [0.3, 0.4) is 0 Å². The molecule has 2 amide bonds. The van der Waals surface area contributed by atoms with Crippen LogP contribution in [-0.2, 0) is 9.59 Å². The van der Waals surface area contributed by atoms with Gasteiger partial charge < -0.3 is 10.6 Å². The first-order valence-corrected chi connectivity index (χ1v) is 7.98. The third kappa shape index (κ3) is 5.49. The van der Waals surface area contributed by atoms with E-state index in [2.05, 4.69) is 16.0 Å². The van der Waals surface area contributed by atoms with E-state index in [-0.39, 0.29) is 24.4 Å². The molecule has 2 aliphatic rings. The summed E-state index contributed by atoms with van der Waals surface area (Å²) in [6, 6.07) is 0.379. The zero-order chi connectivity index (χ0) is 14.4. The van der Waals surface area contributed by atoms with E-state index in [1.165, 1.54) is 25.7 Å². The van der Waals surface area contributed by atoms with E-state index in [4.69, 9.17) is 0 Å². The van der Waals surface area contributed by atoms with E-state index < -0.39 is 0 Å². The summed E-state index contributed by atoms with van der Waals surface area (Å²) in [5.74, 6) is -0.00209. The standard InChI is InChI=1S/C15H27N3O2/c1-11(15(20)18-13-8-9-13)16-10-14(19)17-12-6-4-2-3-5-7-12/h11-13,16H,2-10H2,1H3,(H,17,19)(H,18,20). The topological polar surface area (TPSA) is 70.2 Å². The first-order chi connectivity index (χ1) is 9.65. The Morgan fingerprint density at radius 3 is 2.15 bits per heavy atom. The molecular weight excluding hydrogens is 254 g/mol. The van der Waals surface area contributed by atoms with Crippen LogP contribution in [-0.4, -0.2) is 36.5 Å². The predicted octanol–water partition coefficient (Wildman–Crippen LogP) is 1.08. The van der Waals surface area contributed by atoms with Gasteiger partial charge in [-0.15, -0.1) is 0 Å². The summed E-state index contributed by atoms with van der Waals surface area (Å²) in [7, 11) is 0. The highest BCUT2D eigenvalue weighted by molar-refractivity contribution is 5.83. The highest BCUT2D eigenvalue weighted by Gasteiger charge is 2.25. The van der Waals surface area contributed by atoms with Gasteiger partial charge in [-0.3, -0.25) is 14.9 Å². The van der Waals surface area contributed by atoms with Crippen molar-refractivity contribution < 1.29 is 9.59 Å². The van der Waals surface area contributed by atoms with Gasteiger partial charge in [-0.1, -0.05) is 25.7 Å². The highest BCUT2D eigenvalue weighted by Crippen LogP contribution is 2.18. The van der Waals surface area contributed by atoms with Crippen molar-refractivity contribution in [3.05, 3.63) is 0 Å². The summed E-state index contributed by atoms with van der Waals surface area (Å²) >= 11 is 0. The van der Waals surface area contributed by atoms with Gasteiger partial charge in [-0.2, -0.15) is 0 Å². The Kier molecular flexibility index (Phi) is 5.83. The minimum atomic E-state index is -0.310. The van der Waals surface area contributed by atoms with E-state index in [0.717, 1.165) is 25.7 Å². The minimum Gasteiger partial charge on any atom is -0.352 e. The van der Waals surface area contributed by atoms with Crippen molar-refractivity contribution in [2.75, 3.05) is 6.54 Å². The number of carbonyl (C=O) groups is 2. The molecule has 5 nitrogen and oxygen atoms in total. The number of hydrogen-bond acceptors (Lipinski definition) is 3. The van der Waals surface area contributed by atoms with Crippen molar-refractivity contribution in [1.82, 2.24) is 16.0 Å². The van der Waals surface area contributed by atoms with Crippen LogP contribution < -0.4 is 16.0 Å². The Labute approximate surface area is 121 Å². The third-order valence-electron chi connectivity index (χ3n) is 4.11. The first-order valence-electron chi connectivity index (χ1n) is 7.98. The maximum Gasteiger partial charge on any atom is 0.237 e. The molecule has 0 heterocycles. The normalized spacial score (nSPS) is 21.9. The summed E-state index contributed by atoms with van der Waals surface area (Å²) < 4.78 is 0. The Bertz CT molecular complexity index is 334. The summed E-state index contributed by atoms with van der Waals surface area (Å²) in [5, 5.41) is 9.00. The van der Waals surface area contributed by atoms with Crippen LogP contribution >= 0.6 is 0 Å². The van der Waals surface area contributed by atoms with E-state index in [1.807, 2.05) is 0 Å². The average Bonchev–Trinajstić information content (AvgIpc) is 3.23. The number of carbonyl (C=O) groups excluding carboxylic acids is 2. The average molecular weight is 281 g/mol. The molecule has 2 aliphatic carbocycles. The molecule has 3 N–H and O–H groups in total. The third-order valence-corrected chi connectivity index (χ3v) is 4.11. The lowest BCUT2D eigenvalue weighted by atomic mass is 10.1. The molecule has 0 saturated heterocycles. The van der Waals surface area contributed by atoms with E-state index >= 15 is 0 Å². The van der Waals surface area contributed by atoms with Crippen LogP contribution in [0.4, 0.5) is 0 Å². The highest BCUT2D eigenvalue weighted by atomic mass is 16.2. The van der Waals surface area contributed by atoms with Crippen LogP contribution in [0.1, 0.15) is 58.3 Å². The number of rotatable bonds is 6. The molecule has 114 valence electrons. The lowest BCUT2D eigenvalue weighted by Gasteiger charge is -2.18. The molecular formula is C15H27N3O2. The lowest BCUT2D eigenvalue weighted by molar-refractivity contribution is -0.123. The molecule has 1 unspecified atom stereocenters. The maximum absolute atomic E-state index is 11.9. The maximum atomic E-state index is 11.9. The minimum absolute atomic E-state index is 0.00275. The molecule has 0 aliphatic heterocycles. The van der Waals surface area contributed by atoms with Crippen molar-refractivity contribution in [3.63, 3.8) is 0 Å². The fourth-order valence-corrected chi connectivity index (χ4v) is 2.59. The number of hydrogen-bond donors (Lipinski definition) is 3. The molecule has 0 bridgehead atoms. The largest absolute Gasteiger partial charge is 0.352 e. The monoisotopic (exact) mass is 281 g/mol. The molecule has 0 aromatic heterocycles. The second kappa shape index (κ2) is 7.62. The molecule has 1 atom stereocenters. The Balaban J connectivity index is 1.61. The van der Waals surface area contributed by atoms with Gasteiger partial charge in [-0.05, 0) is 32.6 Å². The van der Waals surface area contributed by atoms with Gasteiger partial charge in [0.25, 0.3) is 0 Å². The lowest BCUT2D eigenvalue weighted by Crippen LogP contribution is -2.48. The summed E-state index contributed by atoms with van der Waals surface area (Å²) in [6.45, 7) is 2.02. The van der Waals surface area contributed by atoms with Crippen molar-refractivity contribution in [2.45, 2.75) is 76.4 Å². The molecule has 20 heavy (non-hydrogen) atoms. The molecule has 0 aromatic carbocycles. The van der Waals surface area contributed by atoms with Crippen molar-refractivity contribution >= 4 is 11.8 Å². The summed E-state index contributed by atoms with van der Waals surface area (Å²) in [6.07, 6.45) is 9.32. The Hall–Kier alpha value is -1.10. The van der Waals surface area contributed by atoms with Gasteiger partial charge in [0.2, 0.25) is 11.8 Å². The van der Waals surface area contributed by atoms with Crippen LogP contribution in [0, 0.1) is 0 Å². The second-order valence-electron chi connectivity index (χ2n) is 6.14. The van der Waals surface area contributed by atoms with Gasteiger partial charge in [0.05, 0.1) is 12.6 Å². The molecule has 5 heteroatoms. The number of amides is 2. The van der Waals surface area contributed by atoms with Crippen LogP contribution in [0.5, 0.6) is 0 Å².